The zero-order chi connectivity index (χ0) is 8.27. The molecule has 1 aromatic rings. The number of H-pyrrole nitrogens is 1. The summed E-state index contributed by atoms with van der Waals surface area (Å²) in [6.07, 6.45) is 0.181. The summed E-state index contributed by atoms with van der Waals surface area (Å²) >= 11 is 0. The van der Waals surface area contributed by atoms with Crippen molar-refractivity contribution in [3.8, 4) is 0 Å². The molecule has 0 saturated heterocycles. The molecule has 6 heteroatoms. The summed E-state index contributed by atoms with van der Waals surface area (Å²) in [4.78, 5) is 10.7. The summed E-state index contributed by atoms with van der Waals surface area (Å²) in [5, 5.41) is 6.24. The Morgan fingerprint density at radius 2 is 2.50 bits per heavy atom. The number of nitrogens with zero attached hydrogens (tertiary/aromatic N) is 1. The van der Waals surface area contributed by atoms with E-state index in [0.717, 1.165) is 0 Å². The van der Waals surface area contributed by atoms with Crippen molar-refractivity contribution in [2.45, 2.75) is 6.42 Å². The first-order chi connectivity index (χ1) is 5.22. The molecular weight excluding hydrogens is 182 g/mol. The molecule has 0 aliphatic carbocycles. The number of methoxy groups -OCH3 is 1. The van der Waals surface area contributed by atoms with Crippen molar-refractivity contribution in [1.29, 1.82) is 0 Å². The fraction of sp³-hybridized carbons (Fsp3) is 0.333. The number of nitrogens with one attached hydrogen (secondary N) is 1. The standard InChI is InChI=1S/C6H9N3O2.ClH/c1-11-6(10)3-4-2-5(7)9-8-4;/h2H,3H2,1H3,(H3,7,8,9);1H. The molecule has 1 aromatic heterocycles. The van der Waals surface area contributed by atoms with Crippen LogP contribution in [0, 0.1) is 0 Å². The van der Waals surface area contributed by atoms with E-state index in [9.17, 15) is 4.79 Å². The van der Waals surface area contributed by atoms with Crippen LogP contribution in [0.2, 0.25) is 0 Å². The van der Waals surface area contributed by atoms with Crippen LogP contribution in [0.1, 0.15) is 5.69 Å². The van der Waals surface area contributed by atoms with E-state index in [1.165, 1.54) is 7.11 Å². The van der Waals surface area contributed by atoms with Crippen molar-refractivity contribution in [1.82, 2.24) is 10.2 Å². The lowest BCUT2D eigenvalue weighted by Crippen LogP contribution is -2.04. The third kappa shape index (κ3) is 2.79. The molecule has 0 aliphatic rings. The van der Waals surface area contributed by atoms with E-state index < -0.39 is 0 Å². The molecule has 0 atom stereocenters. The maximum atomic E-state index is 10.7. The van der Waals surface area contributed by atoms with Crippen LogP contribution < -0.4 is 5.73 Å². The Labute approximate surface area is 75.7 Å². The van der Waals surface area contributed by atoms with Gasteiger partial charge in [-0.25, -0.2) is 0 Å². The number of anilines is 1. The number of aromatic nitrogens is 2. The number of ether oxygens (including phenoxy) is 1. The quantitative estimate of drug-likeness (QED) is 0.651. The van der Waals surface area contributed by atoms with Gasteiger partial charge in [0.1, 0.15) is 5.82 Å². The first-order valence-electron chi connectivity index (χ1n) is 3.09. The van der Waals surface area contributed by atoms with Crippen LogP contribution in [-0.4, -0.2) is 23.3 Å². The van der Waals surface area contributed by atoms with Gasteiger partial charge in [0.25, 0.3) is 0 Å². The van der Waals surface area contributed by atoms with Crippen LogP contribution in [0.3, 0.4) is 0 Å². The summed E-state index contributed by atoms with van der Waals surface area (Å²) in [5.41, 5.74) is 5.96. The maximum Gasteiger partial charge on any atom is 0.311 e. The van der Waals surface area contributed by atoms with Gasteiger partial charge in [-0.05, 0) is 0 Å². The lowest BCUT2D eigenvalue weighted by Gasteiger charge is -1.93. The number of hydrogen-bond donors (Lipinski definition) is 2. The Bertz CT molecular complexity index is 261. The van der Waals surface area contributed by atoms with Gasteiger partial charge < -0.3 is 10.5 Å². The molecule has 0 saturated carbocycles. The van der Waals surface area contributed by atoms with E-state index in [-0.39, 0.29) is 24.8 Å². The minimum atomic E-state index is -0.311. The van der Waals surface area contributed by atoms with Crippen molar-refractivity contribution < 1.29 is 9.53 Å². The molecule has 1 rings (SSSR count). The molecule has 0 spiro atoms. The Hall–Kier alpha value is -1.23. The number of hydrogen-bond acceptors (Lipinski definition) is 4. The molecule has 0 fully saturated rings. The van der Waals surface area contributed by atoms with Crippen molar-refractivity contribution in [3.05, 3.63) is 11.8 Å². The Morgan fingerprint density at radius 1 is 1.83 bits per heavy atom. The van der Waals surface area contributed by atoms with Crippen molar-refractivity contribution >= 4 is 24.2 Å². The number of carbonyl (C=O) groups excluding carboxylic acids is 1. The summed E-state index contributed by atoms with van der Waals surface area (Å²) in [7, 11) is 1.34. The molecule has 0 aromatic carbocycles. The molecule has 0 unspecified atom stereocenters. The second-order valence-electron chi connectivity index (χ2n) is 2.07. The van der Waals surface area contributed by atoms with Crippen molar-refractivity contribution in [3.63, 3.8) is 0 Å². The first kappa shape index (κ1) is 10.8. The smallest absolute Gasteiger partial charge is 0.311 e. The number of carbonyl (C=O) groups is 1. The predicted octanol–water partition coefficient (Wildman–Crippen LogP) is 0.129. The maximum absolute atomic E-state index is 10.7. The summed E-state index contributed by atoms with van der Waals surface area (Å²) < 4.78 is 4.44. The Morgan fingerprint density at radius 3 is 2.92 bits per heavy atom. The van der Waals surface area contributed by atoms with Crippen LogP contribution in [0.5, 0.6) is 0 Å². The summed E-state index contributed by atoms with van der Waals surface area (Å²) in [5.74, 6) is 0.0672. The summed E-state index contributed by atoms with van der Waals surface area (Å²) in [6, 6.07) is 1.59. The average Bonchev–Trinajstić information content (AvgIpc) is 2.35. The number of nitrogen functional groups attached to an aromatic ring is 1. The third-order valence-electron chi connectivity index (χ3n) is 1.21. The molecular formula is C6H10ClN3O2. The van der Waals surface area contributed by atoms with Crippen molar-refractivity contribution in [2.75, 3.05) is 12.8 Å². The van der Waals surface area contributed by atoms with Gasteiger partial charge in [0.15, 0.2) is 0 Å². The second kappa shape index (κ2) is 4.61. The molecule has 68 valence electrons. The van der Waals surface area contributed by atoms with E-state index >= 15 is 0 Å². The number of rotatable bonds is 2. The van der Waals surface area contributed by atoms with Gasteiger partial charge in [0.2, 0.25) is 0 Å². The second-order valence-corrected chi connectivity index (χ2v) is 2.07. The fourth-order valence-corrected chi connectivity index (χ4v) is 0.698. The minimum Gasteiger partial charge on any atom is -0.469 e. The zero-order valence-corrected chi connectivity index (χ0v) is 7.35. The molecule has 12 heavy (non-hydrogen) atoms. The highest BCUT2D eigenvalue weighted by Gasteiger charge is 2.04. The largest absolute Gasteiger partial charge is 0.469 e. The van der Waals surface area contributed by atoms with Gasteiger partial charge in [-0.15, -0.1) is 12.4 Å². The first-order valence-corrected chi connectivity index (χ1v) is 3.09. The normalized spacial score (nSPS) is 8.75. The third-order valence-corrected chi connectivity index (χ3v) is 1.21. The van der Waals surface area contributed by atoms with Gasteiger partial charge in [0, 0.05) is 11.8 Å². The molecule has 0 bridgehead atoms. The Kier molecular flexibility index (Phi) is 4.14. The van der Waals surface area contributed by atoms with Gasteiger partial charge in [-0.1, -0.05) is 0 Å². The highest BCUT2D eigenvalue weighted by molar-refractivity contribution is 5.85. The SMILES string of the molecule is COC(=O)Cc1cc(N)n[nH]1.Cl. The molecule has 5 nitrogen and oxygen atoms in total. The van der Waals surface area contributed by atoms with Crippen LogP contribution in [-0.2, 0) is 16.0 Å². The van der Waals surface area contributed by atoms with Crippen molar-refractivity contribution in [2.24, 2.45) is 0 Å². The van der Waals surface area contributed by atoms with Gasteiger partial charge in [-0.3, -0.25) is 9.89 Å². The van der Waals surface area contributed by atoms with E-state index in [4.69, 9.17) is 5.73 Å². The fourth-order valence-electron chi connectivity index (χ4n) is 0.698. The zero-order valence-electron chi connectivity index (χ0n) is 6.53. The van der Waals surface area contributed by atoms with E-state index in [0.29, 0.717) is 11.5 Å². The summed E-state index contributed by atoms with van der Waals surface area (Å²) in [6.45, 7) is 0. The van der Waals surface area contributed by atoms with E-state index in [1.807, 2.05) is 0 Å². The molecule has 0 radical (unpaired) electrons. The predicted molar refractivity (Wildman–Crippen MR) is 46.0 cm³/mol. The van der Waals surface area contributed by atoms with E-state index in [1.54, 1.807) is 6.07 Å². The number of esters is 1. The lowest BCUT2D eigenvalue weighted by atomic mass is 10.3. The van der Waals surface area contributed by atoms with Crippen LogP contribution >= 0.6 is 12.4 Å². The molecule has 0 aliphatic heterocycles. The monoisotopic (exact) mass is 191 g/mol. The van der Waals surface area contributed by atoms with Crippen LogP contribution in [0.25, 0.3) is 0 Å². The van der Waals surface area contributed by atoms with Gasteiger partial charge in [0.05, 0.1) is 13.5 Å². The lowest BCUT2D eigenvalue weighted by molar-refractivity contribution is -0.139. The number of nitrogens with two attached hydrogens (primary N) is 1. The van der Waals surface area contributed by atoms with Crippen LogP contribution in [0.15, 0.2) is 6.07 Å². The molecule has 3 N–H and O–H groups in total. The molecule has 1 heterocycles. The highest BCUT2D eigenvalue weighted by Crippen LogP contribution is 2.01. The number of halogens is 1. The van der Waals surface area contributed by atoms with Crippen LogP contribution in [0.4, 0.5) is 5.82 Å². The average molecular weight is 192 g/mol. The highest BCUT2D eigenvalue weighted by atomic mass is 35.5. The number of aromatic amines is 1. The van der Waals surface area contributed by atoms with E-state index in [2.05, 4.69) is 14.9 Å². The molecule has 0 amide bonds. The Balaban J connectivity index is 0.00000121. The van der Waals surface area contributed by atoms with Gasteiger partial charge >= 0.3 is 5.97 Å². The van der Waals surface area contributed by atoms with Gasteiger partial charge in [-0.2, -0.15) is 5.10 Å². The topological polar surface area (TPSA) is 81.0 Å². The minimum absolute atomic E-state index is 0.